The van der Waals surface area contributed by atoms with Gasteiger partial charge in [-0.05, 0) is 82.4 Å². The van der Waals surface area contributed by atoms with Crippen molar-refractivity contribution >= 4 is 66.3 Å². The molecule has 0 N–H and O–H groups in total. The van der Waals surface area contributed by atoms with Crippen molar-refractivity contribution in [1.82, 2.24) is 14.1 Å². The van der Waals surface area contributed by atoms with E-state index in [4.69, 9.17) is 4.98 Å². The van der Waals surface area contributed by atoms with Crippen molar-refractivity contribution in [3.63, 3.8) is 0 Å². The first-order valence-electron chi connectivity index (χ1n) is 19.2. The molecule has 260 valence electrons. The highest BCUT2D eigenvalue weighted by Gasteiger charge is 2.49. The summed E-state index contributed by atoms with van der Waals surface area (Å²) < 4.78 is 4.99. The fourth-order valence-electron chi connectivity index (χ4n) is 10.2. The van der Waals surface area contributed by atoms with Gasteiger partial charge in [0.05, 0.1) is 38.7 Å². The van der Waals surface area contributed by atoms with E-state index in [0.29, 0.717) is 0 Å². The molecule has 0 amide bonds. The molecule has 0 saturated heterocycles. The Balaban J connectivity index is 1.13. The van der Waals surface area contributed by atoms with Crippen LogP contribution in [0.25, 0.3) is 77.0 Å². The average Bonchev–Trinajstić information content (AvgIpc) is 3.77. The Bertz CT molecular complexity index is 3460. The number of nitrogens with zero attached hydrogens (tertiary/aromatic N) is 3. The van der Waals surface area contributed by atoms with Crippen LogP contribution in [0, 0.1) is 0 Å². The summed E-state index contributed by atoms with van der Waals surface area (Å²) in [6, 6.07) is 67.6. The van der Waals surface area contributed by atoms with Gasteiger partial charge in [-0.2, -0.15) is 0 Å². The minimum absolute atomic E-state index is 0.543. The lowest BCUT2D eigenvalue weighted by Gasteiger charge is -2.45. The molecule has 4 heteroatoms. The molecule has 11 aromatic rings. The van der Waals surface area contributed by atoms with Gasteiger partial charge in [-0.3, -0.25) is 4.98 Å². The van der Waals surface area contributed by atoms with Gasteiger partial charge < -0.3 is 9.13 Å². The molecule has 1 unspecified atom stereocenters. The molecule has 2 aliphatic heterocycles. The first-order valence-corrected chi connectivity index (χ1v) is 20.0. The maximum atomic E-state index is 4.76. The van der Waals surface area contributed by atoms with E-state index in [1.54, 1.807) is 0 Å². The first-order chi connectivity index (χ1) is 27.8. The van der Waals surface area contributed by atoms with Gasteiger partial charge in [0.25, 0.3) is 0 Å². The summed E-state index contributed by atoms with van der Waals surface area (Å²) in [5.74, 6) is 0. The lowest BCUT2D eigenvalue weighted by atomic mass is 9.62. The second-order valence-corrected chi connectivity index (χ2v) is 16.1. The normalized spacial score (nSPS) is 15.5. The zero-order chi connectivity index (χ0) is 36.5. The molecule has 3 aromatic heterocycles. The van der Waals surface area contributed by atoms with E-state index in [-0.39, 0.29) is 0 Å². The quantitative estimate of drug-likeness (QED) is 0.177. The number of aromatic nitrogens is 3. The van der Waals surface area contributed by atoms with E-state index in [1.165, 1.54) is 81.3 Å². The summed E-state index contributed by atoms with van der Waals surface area (Å²) in [5.41, 5.74) is 15.4. The van der Waals surface area contributed by atoms with Crippen LogP contribution in [-0.4, -0.2) is 14.1 Å². The fourth-order valence-corrected chi connectivity index (χ4v) is 11.4. The number of rotatable bonds is 2. The SMILES string of the molecule is c1ccc2c(c1)Sc1cc3c4ccccc4n(-c4ccc(-c5cccc6cccnc56)cc4)c3cc1C21c2ccccc2-n2c3ccccc3c3cccc1c32. The third-order valence-electron chi connectivity index (χ3n) is 12.4. The van der Waals surface area contributed by atoms with Crippen molar-refractivity contribution in [2.24, 2.45) is 0 Å². The number of hydrogen-bond acceptors (Lipinski definition) is 2. The Labute approximate surface area is 327 Å². The largest absolute Gasteiger partial charge is 0.309 e. The average molecular weight is 730 g/mol. The van der Waals surface area contributed by atoms with Crippen LogP contribution in [0.1, 0.15) is 22.3 Å². The third-order valence-corrected chi connectivity index (χ3v) is 13.5. The van der Waals surface area contributed by atoms with Gasteiger partial charge in [-0.25, -0.2) is 0 Å². The van der Waals surface area contributed by atoms with Crippen molar-refractivity contribution in [3.8, 4) is 22.5 Å². The highest BCUT2D eigenvalue weighted by atomic mass is 32.2. The zero-order valence-corrected chi connectivity index (χ0v) is 31.0. The molecule has 2 aliphatic rings. The van der Waals surface area contributed by atoms with Gasteiger partial charge in [0, 0.05) is 54.2 Å². The monoisotopic (exact) mass is 729 g/mol. The van der Waals surface area contributed by atoms with Crippen molar-refractivity contribution in [2.75, 3.05) is 0 Å². The van der Waals surface area contributed by atoms with Crippen LogP contribution >= 0.6 is 11.8 Å². The maximum absolute atomic E-state index is 4.76. The first kappa shape index (κ1) is 30.4. The van der Waals surface area contributed by atoms with Gasteiger partial charge in [0.15, 0.2) is 0 Å². The van der Waals surface area contributed by atoms with Crippen molar-refractivity contribution < 1.29 is 0 Å². The number of benzene rings is 8. The van der Waals surface area contributed by atoms with E-state index in [1.807, 2.05) is 24.0 Å². The lowest BCUT2D eigenvalue weighted by molar-refractivity contribution is 0.690. The van der Waals surface area contributed by atoms with Crippen LogP contribution < -0.4 is 0 Å². The Kier molecular flexibility index (Phi) is 6.03. The number of pyridine rings is 1. The van der Waals surface area contributed by atoms with E-state index in [9.17, 15) is 0 Å². The lowest BCUT2D eigenvalue weighted by Crippen LogP contribution is -2.37. The minimum Gasteiger partial charge on any atom is -0.309 e. The van der Waals surface area contributed by atoms with Gasteiger partial charge in [0.1, 0.15) is 0 Å². The molecule has 5 heterocycles. The molecule has 3 nitrogen and oxygen atoms in total. The van der Waals surface area contributed by atoms with Crippen molar-refractivity contribution in [1.29, 1.82) is 0 Å². The summed E-state index contributed by atoms with van der Waals surface area (Å²) >= 11 is 1.91. The molecular formula is C52H31N3S. The van der Waals surface area contributed by atoms with Crippen LogP contribution in [0.15, 0.2) is 198 Å². The molecule has 56 heavy (non-hydrogen) atoms. The fraction of sp³-hybridized carbons (Fsp3) is 0.0192. The zero-order valence-electron chi connectivity index (χ0n) is 30.1. The molecule has 1 atom stereocenters. The Morgan fingerprint density at radius 3 is 2.00 bits per heavy atom. The van der Waals surface area contributed by atoms with E-state index < -0.39 is 5.41 Å². The Hall–Kier alpha value is -6.88. The topological polar surface area (TPSA) is 22.8 Å². The molecule has 0 radical (unpaired) electrons. The molecule has 0 bridgehead atoms. The molecule has 8 aromatic carbocycles. The Morgan fingerprint density at radius 2 is 1.12 bits per heavy atom. The van der Waals surface area contributed by atoms with Crippen LogP contribution in [0.5, 0.6) is 0 Å². The van der Waals surface area contributed by atoms with Crippen molar-refractivity contribution in [3.05, 3.63) is 210 Å². The summed E-state index contributed by atoms with van der Waals surface area (Å²) in [6.07, 6.45) is 1.88. The van der Waals surface area contributed by atoms with Gasteiger partial charge in [-0.15, -0.1) is 0 Å². The third kappa shape index (κ3) is 3.81. The second-order valence-electron chi connectivity index (χ2n) is 15.1. The highest BCUT2D eigenvalue weighted by Crippen LogP contribution is 2.61. The van der Waals surface area contributed by atoms with Gasteiger partial charge >= 0.3 is 0 Å². The van der Waals surface area contributed by atoms with Crippen LogP contribution in [0.3, 0.4) is 0 Å². The smallest absolute Gasteiger partial charge is 0.0780 e. The summed E-state index contributed by atoms with van der Waals surface area (Å²) in [6.45, 7) is 0. The van der Waals surface area contributed by atoms with E-state index in [2.05, 4.69) is 185 Å². The van der Waals surface area contributed by atoms with E-state index >= 15 is 0 Å². The van der Waals surface area contributed by atoms with Crippen LogP contribution in [0.2, 0.25) is 0 Å². The predicted octanol–water partition coefficient (Wildman–Crippen LogP) is 13.3. The van der Waals surface area contributed by atoms with Crippen LogP contribution in [0.4, 0.5) is 0 Å². The van der Waals surface area contributed by atoms with Crippen LogP contribution in [-0.2, 0) is 5.41 Å². The standard InChI is InChI=1S/C52H31N3S/c1-6-22-45-36(14-1)38-17-10-20-42-51(38)55(45)46-23-7-3-18-40(46)52(42)41-19-4-8-24-48(41)56-49-30-39-37-15-2-5-21-44(37)54(47(39)31-43(49)52)34-27-25-32(26-28-34)35-16-9-12-33-13-11-29-53-50(33)35/h1-31H. The second kappa shape index (κ2) is 11.1. The summed E-state index contributed by atoms with van der Waals surface area (Å²) in [7, 11) is 0. The number of hydrogen-bond donors (Lipinski definition) is 0. The van der Waals surface area contributed by atoms with Gasteiger partial charge in [-0.1, -0.05) is 139 Å². The maximum Gasteiger partial charge on any atom is 0.0780 e. The molecule has 1 spiro atoms. The summed E-state index contributed by atoms with van der Waals surface area (Å²) in [5, 5.41) is 6.25. The highest BCUT2D eigenvalue weighted by molar-refractivity contribution is 7.99. The Morgan fingerprint density at radius 1 is 0.446 bits per heavy atom. The number of para-hydroxylation sites is 5. The molecule has 0 fully saturated rings. The predicted molar refractivity (Wildman–Crippen MR) is 232 cm³/mol. The molecular weight excluding hydrogens is 699 g/mol. The number of fused-ring (bicyclic) bond motifs is 15. The van der Waals surface area contributed by atoms with Gasteiger partial charge in [0.2, 0.25) is 0 Å². The summed E-state index contributed by atoms with van der Waals surface area (Å²) in [4.78, 5) is 7.36. The van der Waals surface area contributed by atoms with Crippen molar-refractivity contribution in [2.45, 2.75) is 15.2 Å². The molecule has 0 aliphatic carbocycles. The molecule has 13 rings (SSSR count). The molecule has 0 saturated carbocycles. The van der Waals surface area contributed by atoms with E-state index in [0.717, 1.165) is 27.7 Å². The minimum atomic E-state index is -0.543.